The SMILES string of the molecule is O=C(O)N1C=Cc2c[nH]cc2C1. The van der Waals surface area contributed by atoms with Gasteiger partial charge in [0.25, 0.3) is 0 Å². The minimum atomic E-state index is -0.918. The lowest BCUT2D eigenvalue weighted by molar-refractivity contribution is 0.161. The highest BCUT2D eigenvalue weighted by Crippen LogP contribution is 2.18. The summed E-state index contributed by atoms with van der Waals surface area (Å²) >= 11 is 0. The summed E-state index contributed by atoms with van der Waals surface area (Å²) in [5.41, 5.74) is 2.08. The van der Waals surface area contributed by atoms with Crippen LogP contribution in [0, 0.1) is 0 Å². The molecule has 0 saturated carbocycles. The largest absolute Gasteiger partial charge is 0.465 e. The summed E-state index contributed by atoms with van der Waals surface area (Å²) in [7, 11) is 0. The van der Waals surface area contributed by atoms with E-state index in [2.05, 4.69) is 4.98 Å². The van der Waals surface area contributed by atoms with E-state index >= 15 is 0 Å². The molecule has 62 valence electrons. The zero-order valence-electron chi connectivity index (χ0n) is 6.32. The molecule has 0 aromatic carbocycles. The number of carboxylic acid groups (broad SMARTS) is 1. The molecule has 0 saturated heterocycles. The highest BCUT2D eigenvalue weighted by Gasteiger charge is 2.15. The van der Waals surface area contributed by atoms with Gasteiger partial charge in [0.1, 0.15) is 0 Å². The molecule has 0 fully saturated rings. The number of nitrogens with one attached hydrogen (secondary N) is 1. The number of hydrogen-bond donors (Lipinski definition) is 2. The standard InChI is InChI=1S/C8H8N2O2/c11-8(12)10-2-1-6-3-9-4-7(6)5-10/h1-4,9H,5H2,(H,11,12). The minimum Gasteiger partial charge on any atom is -0.465 e. The van der Waals surface area contributed by atoms with Gasteiger partial charge in [-0.25, -0.2) is 4.79 Å². The third-order valence-corrected chi connectivity index (χ3v) is 1.89. The molecule has 0 aliphatic carbocycles. The number of rotatable bonds is 0. The predicted octanol–water partition coefficient (Wildman–Crippen LogP) is 1.48. The lowest BCUT2D eigenvalue weighted by Crippen LogP contribution is -2.24. The third kappa shape index (κ3) is 0.972. The molecule has 1 aromatic heterocycles. The predicted molar refractivity (Wildman–Crippen MR) is 43.4 cm³/mol. The van der Waals surface area contributed by atoms with Gasteiger partial charge in [-0.3, -0.25) is 4.90 Å². The van der Waals surface area contributed by atoms with Gasteiger partial charge in [0.05, 0.1) is 6.54 Å². The van der Waals surface area contributed by atoms with Crippen molar-refractivity contribution in [1.29, 1.82) is 0 Å². The number of amides is 1. The summed E-state index contributed by atoms with van der Waals surface area (Å²) < 4.78 is 0. The molecule has 0 bridgehead atoms. The van der Waals surface area contributed by atoms with Crippen LogP contribution in [-0.2, 0) is 6.54 Å². The Hall–Kier alpha value is -1.71. The van der Waals surface area contributed by atoms with Crippen molar-refractivity contribution < 1.29 is 9.90 Å². The van der Waals surface area contributed by atoms with Crippen LogP contribution in [-0.4, -0.2) is 21.1 Å². The summed E-state index contributed by atoms with van der Waals surface area (Å²) in [5.74, 6) is 0. The highest BCUT2D eigenvalue weighted by atomic mass is 16.4. The molecule has 2 rings (SSSR count). The number of H-pyrrole nitrogens is 1. The maximum absolute atomic E-state index is 10.6. The van der Waals surface area contributed by atoms with Gasteiger partial charge in [-0.1, -0.05) is 0 Å². The van der Waals surface area contributed by atoms with Crippen LogP contribution in [0.5, 0.6) is 0 Å². The van der Waals surface area contributed by atoms with Crippen molar-refractivity contribution in [3.05, 3.63) is 29.7 Å². The van der Waals surface area contributed by atoms with E-state index in [9.17, 15) is 4.79 Å². The van der Waals surface area contributed by atoms with Gasteiger partial charge in [-0.05, 0) is 17.2 Å². The highest BCUT2D eigenvalue weighted by molar-refractivity contribution is 5.70. The van der Waals surface area contributed by atoms with Crippen LogP contribution in [0.1, 0.15) is 11.1 Å². The van der Waals surface area contributed by atoms with Crippen LogP contribution >= 0.6 is 0 Å². The summed E-state index contributed by atoms with van der Waals surface area (Å²) in [4.78, 5) is 14.7. The normalized spacial score (nSPS) is 14.5. The number of hydrogen-bond acceptors (Lipinski definition) is 1. The van der Waals surface area contributed by atoms with Crippen molar-refractivity contribution in [3.63, 3.8) is 0 Å². The molecular weight excluding hydrogens is 156 g/mol. The van der Waals surface area contributed by atoms with Crippen LogP contribution in [0.25, 0.3) is 6.08 Å². The second kappa shape index (κ2) is 2.41. The third-order valence-electron chi connectivity index (χ3n) is 1.89. The van der Waals surface area contributed by atoms with E-state index < -0.39 is 6.09 Å². The van der Waals surface area contributed by atoms with E-state index in [-0.39, 0.29) is 0 Å². The van der Waals surface area contributed by atoms with Gasteiger partial charge in [0, 0.05) is 18.6 Å². The molecule has 12 heavy (non-hydrogen) atoms. The van der Waals surface area contributed by atoms with Crippen molar-refractivity contribution in [3.8, 4) is 0 Å². The van der Waals surface area contributed by atoms with Gasteiger partial charge in [-0.2, -0.15) is 0 Å². The molecule has 4 nitrogen and oxygen atoms in total. The zero-order valence-corrected chi connectivity index (χ0v) is 6.32. The summed E-state index contributed by atoms with van der Waals surface area (Å²) in [5, 5.41) is 8.67. The maximum Gasteiger partial charge on any atom is 0.411 e. The van der Waals surface area contributed by atoms with Crippen molar-refractivity contribution >= 4 is 12.2 Å². The number of aromatic amines is 1. The number of carbonyl (C=O) groups is 1. The monoisotopic (exact) mass is 164 g/mol. The Morgan fingerprint density at radius 3 is 3.17 bits per heavy atom. The van der Waals surface area contributed by atoms with E-state index in [1.165, 1.54) is 4.90 Å². The van der Waals surface area contributed by atoms with Gasteiger partial charge < -0.3 is 10.1 Å². The van der Waals surface area contributed by atoms with Crippen LogP contribution in [0.2, 0.25) is 0 Å². The number of aromatic nitrogens is 1. The first-order chi connectivity index (χ1) is 5.77. The fourth-order valence-electron chi connectivity index (χ4n) is 1.24. The maximum atomic E-state index is 10.6. The van der Waals surface area contributed by atoms with Crippen LogP contribution in [0.4, 0.5) is 4.79 Å². The molecular formula is C8H8N2O2. The number of nitrogens with zero attached hydrogens (tertiary/aromatic N) is 1. The Balaban J connectivity index is 2.30. The molecule has 2 heterocycles. The average molecular weight is 164 g/mol. The Morgan fingerprint density at radius 1 is 1.58 bits per heavy atom. The molecule has 1 aromatic rings. The van der Waals surface area contributed by atoms with Crippen molar-refractivity contribution in [2.24, 2.45) is 0 Å². The van der Waals surface area contributed by atoms with Crippen molar-refractivity contribution in [2.45, 2.75) is 6.54 Å². The first kappa shape index (κ1) is 6.97. The molecule has 1 amide bonds. The van der Waals surface area contributed by atoms with Crippen molar-refractivity contribution in [1.82, 2.24) is 9.88 Å². The Morgan fingerprint density at radius 2 is 2.42 bits per heavy atom. The van der Waals surface area contributed by atoms with Crippen LogP contribution < -0.4 is 0 Å². The molecule has 1 aliphatic rings. The second-order valence-electron chi connectivity index (χ2n) is 2.66. The van der Waals surface area contributed by atoms with Gasteiger partial charge in [0.15, 0.2) is 0 Å². The molecule has 1 aliphatic heterocycles. The summed E-state index contributed by atoms with van der Waals surface area (Å²) in [6.45, 7) is 0.435. The Kier molecular flexibility index (Phi) is 1.40. The molecule has 4 heteroatoms. The first-order valence-electron chi connectivity index (χ1n) is 3.61. The smallest absolute Gasteiger partial charge is 0.411 e. The molecule has 0 atom stereocenters. The molecule has 2 N–H and O–H groups in total. The Bertz CT molecular complexity index is 341. The second-order valence-corrected chi connectivity index (χ2v) is 2.66. The Labute approximate surface area is 69.1 Å². The molecule has 0 radical (unpaired) electrons. The van der Waals surface area contributed by atoms with Crippen molar-refractivity contribution in [2.75, 3.05) is 0 Å². The van der Waals surface area contributed by atoms with Gasteiger partial charge >= 0.3 is 6.09 Å². The van der Waals surface area contributed by atoms with Gasteiger partial charge in [0.2, 0.25) is 0 Å². The minimum absolute atomic E-state index is 0.435. The van der Waals surface area contributed by atoms with Crippen LogP contribution in [0.15, 0.2) is 18.6 Å². The summed E-state index contributed by atoms with van der Waals surface area (Å²) in [6.07, 6.45) is 6.10. The topological polar surface area (TPSA) is 56.3 Å². The fraction of sp³-hybridized carbons (Fsp3) is 0.125. The van der Waals surface area contributed by atoms with Crippen LogP contribution in [0.3, 0.4) is 0 Å². The fourth-order valence-corrected chi connectivity index (χ4v) is 1.24. The quantitative estimate of drug-likeness (QED) is 0.610. The molecule has 0 unspecified atom stereocenters. The van der Waals surface area contributed by atoms with E-state index in [4.69, 9.17) is 5.11 Å². The number of fused-ring (bicyclic) bond motifs is 1. The van der Waals surface area contributed by atoms with E-state index in [1.54, 1.807) is 12.3 Å². The summed E-state index contributed by atoms with van der Waals surface area (Å²) in [6, 6.07) is 0. The zero-order chi connectivity index (χ0) is 8.55. The molecule has 0 spiro atoms. The lowest BCUT2D eigenvalue weighted by Gasteiger charge is -2.17. The first-order valence-corrected chi connectivity index (χ1v) is 3.61. The van der Waals surface area contributed by atoms with E-state index in [0.29, 0.717) is 6.54 Å². The lowest BCUT2D eigenvalue weighted by atomic mass is 10.1. The average Bonchev–Trinajstić information content (AvgIpc) is 2.49. The van der Waals surface area contributed by atoms with Gasteiger partial charge in [-0.15, -0.1) is 0 Å². The van der Waals surface area contributed by atoms with E-state index in [0.717, 1.165) is 11.1 Å². The van der Waals surface area contributed by atoms with E-state index in [1.807, 2.05) is 12.4 Å².